The van der Waals surface area contributed by atoms with Crippen molar-refractivity contribution in [3.05, 3.63) is 29.8 Å². The summed E-state index contributed by atoms with van der Waals surface area (Å²) in [6, 6.07) is 7.86. The lowest BCUT2D eigenvalue weighted by molar-refractivity contribution is 0.676. The number of benzene rings is 1. The highest BCUT2D eigenvalue weighted by atomic mass is 32.2. The predicted octanol–water partition coefficient (Wildman–Crippen LogP) is 1.31. The zero-order chi connectivity index (χ0) is 6.27. The van der Waals surface area contributed by atoms with E-state index in [1.165, 1.54) is 5.56 Å². The maximum Gasteiger partial charge on any atom is 0.0577 e. The standard InChI is InChI=1S/C7H6OS/c8-9-5-6-3-1-2-4-7(6)9/h1-4H,5H2/t9-/m0/s1. The first-order valence-corrected chi connectivity index (χ1v) is 4.16. The first-order chi connectivity index (χ1) is 4.38. The molecule has 0 spiro atoms. The summed E-state index contributed by atoms with van der Waals surface area (Å²) in [6.45, 7) is 0. The van der Waals surface area contributed by atoms with E-state index in [9.17, 15) is 4.21 Å². The molecule has 0 saturated carbocycles. The van der Waals surface area contributed by atoms with Crippen LogP contribution in [0.1, 0.15) is 5.56 Å². The molecular weight excluding hydrogens is 132 g/mol. The van der Waals surface area contributed by atoms with Gasteiger partial charge in [-0.25, -0.2) is 0 Å². The Bertz CT molecular complexity index is 267. The van der Waals surface area contributed by atoms with Gasteiger partial charge in [0.25, 0.3) is 0 Å². The fourth-order valence-electron chi connectivity index (χ4n) is 0.984. The highest BCUT2D eigenvalue weighted by Crippen LogP contribution is 2.26. The molecule has 1 aliphatic rings. The van der Waals surface area contributed by atoms with E-state index in [1.807, 2.05) is 24.3 Å². The lowest BCUT2D eigenvalue weighted by Gasteiger charge is -2.15. The average molecular weight is 138 g/mol. The molecule has 1 aromatic rings. The molecule has 1 aliphatic heterocycles. The Morgan fingerprint density at radius 1 is 1.33 bits per heavy atom. The van der Waals surface area contributed by atoms with Crippen LogP contribution in [-0.2, 0) is 16.6 Å². The second-order valence-corrected chi connectivity index (χ2v) is 3.52. The molecule has 0 fully saturated rings. The van der Waals surface area contributed by atoms with Crippen molar-refractivity contribution in [1.29, 1.82) is 0 Å². The Labute approximate surface area is 56.2 Å². The molecule has 46 valence electrons. The van der Waals surface area contributed by atoms with E-state index < -0.39 is 10.8 Å². The van der Waals surface area contributed by atoms with E-state index >= 15 is 0 Å². The number of fused-ring (bicyclic) bond motifs is 1. The van der Waals surface area contributed by atoms with Gasteiger partial charge >= 0.3 is 0 Å². The Morgan fingerprint density at radius 3 is 2.67 bits per heavy atom. The Hall–Kier alpha value is -0.630. The summed E-state index contributed by atoms with van der Waals surface area (Å²) in [5.74, 6) is 0.760. The normalized spacial score (nSPS) is 22.4. The van der Waals surface area contributed by atoms with Gasteiger partial charge in [-0.2, -0.15) is 0 Å². The fourth-order valence-corrected chi connectivity index (χ4v) is 2.09. The monoisotopic (exact) mass is 138 g/mol. The van der Waals surface area contributed by atoms with Crippen LogP contribution in [0.3, 0.4) is 0 Å². The molecule has 2 heteroatoms. The minimum Gasteiger partial charge on any atom is -0.254 e. The summed E-state index contributed by atoms with van der Waals surface area (Å²) in [7, 11) is -0.667. The van der Waals surface area contributed by atoms with Crippen molar-refractivity contribution < 1.29 is 4.21 Å². The van der Waals surface area contributed by atoms with Crippen LogP contribution >= 0.6 is 0 Å². The van der Waals surface area contributed by atoms with Crippen LogP contribution in [0.5, 0.6) is 0 Å². The lowest BCUT2D eigenvalue weighted by Crippen LogP contribution is -2.10. The third-order valence-corrected chi connectivity index (χ3v) is 2.97. The van der Waals surface area contributed by atoms with Crippen molar-refractivity contribution in [2.75, 3.05) is 0 Å². The quantitative estimate of drug-likeness (QED) is 0.528. The molecule has 0 aromatic heterocycles. The minimum absolute atomic E-state index is 0.667. The van der Waals surface area contributed by atoms with Gasteiger partial charge in [0.2, 0.25) is 0 Å². The van der Waals surface area contributed by atoms with E-state index in [4.69, 9.17) is 0 Å². The van der Waals surface area contributed by atoms with Crippen molar-refractivity contribution >= 4 is 10.8 Å². The zero-order valence-electron chi connectivity index (χ0n) is 4.83. The largest absolute Gasteiger partial charge is 0.254 e. The van der Waals surface area contributed by atoms with Crippen molar-refractivity contribution in [2.24, 2.45) is 0 Å². The first kappa shape index (κ1) is 5.18. The van der Waals surface area contributed by atoms with Gasteiger partial charge in [0, 0.05) is 4.90 Å². The van der Waals surface area contributed by atoms with Gasteiger partial charge < -0.3 is 0 Å². The summed E-state index contributed by atoms with van der Waals surface area (Å²) in [6.07, 6.45) is 0. The van der Waals surface area contributed by atoms with E-state index in [0.717, 1.165) is 10.6 Å². The Kier molecular flexibility index (Phi) is 0.963. The van der Waals surface area contributed by atoms with Crippen LogP contribution in [0.2, 0.25) is 0 Å². The third kappa shape index (κ3) is 0.630. The third-order valence-electron chi connectivity index (χ3n) is 1.50. The number of hydrogen-bond acceptors (Lipinski definition) is 1. The SMILES string of the molecule is O=[S@]1Cc2ccccc21. The van der Waals surface area contributed by atoms with Gasteiger partial charge in [-0.05, 0) is 11.6 Å². The van der Waals surface area contributed by atoms with Crippen LogP contribution in [-0.4, -0.2) is 4.21 Å². The lowest BCUT2D eigenvalue weighted by atomic mass is 10.2. The zero-order valence-corrected chi connectivity index (χ0v) is 5.65. The predicted molar refractivity (Wildman–Crippen MR) is 36.6 cm³/mol. The molecule has 0 bridgehead atoms. The molecular formula is C7H6OS. The maximum atomic E-state index is 10.8. The number of rotatable bonds is 0. The molecule has 2 rings (SSSR count). The van der Waals surface area contributed by atoms with E-state index in [1.54, 1.807) is 0 Å². The van der Waals surface area contributed by atoms with Crippen molar-refractivity contribution in [1.82, 2.24) is 0 Å². The van der Waals surface area contributed by atoms with Gasteiger partial charge in [0.15, 0.2) is 0 Å². The van der Waals surface area contributed by atoms with E-state index in [2.05, 4.69) is 0 Å². The average Bonchev–Trinajstić information content (AvgIpc) is 1.86. The molecule has 0 aliphatic carbocycles. The van der Waals surface area contributed by atoms with E-state index in [0.29, 0.717) is 0 Å². The Balaban J connectivity index is 2.63. The summed E-state index contributed by atoms with van der Waals surface area (Å²) >= 11 is 0. The molecule has 1 aromatic carbocycles. The van der Waals surface area contributed by atoms with Crippen LogP contribution in [0.15, 0.2) is 29.2 Å². The second-order valence-electron chi connectivity index (χ2n) is 2.10. The molecule has 0 radical (unpaired) electrons. The van der Waals surface area contributed by atoms with Gasteiger partial charge in [-0.1, -0.05) is 18.2 Å². The van der Waals surface area contributed by atoms with Crippen molar-refractivity contribution in [3.63, 3.8) is 0 Å². The molecule has 9 heavy (non-hydrogen) atoms. The fraction of sp³-hybridized carbons (Fsp3) is 0.143. The topological polar surface area (TPSA) is 17.1 Å². The van der Waals surface area contributed by atoms with Crippen LogP contribution in [0.4, 0.5) is 0 Å². The second kappa shape index (κ2) is 1.67. The molecule has 0 saturated heterocycles. The molecule has 0 unspecified atom stereocenters. The summed E-state index contributed by atoms with van der Waals surface area (Å²) < 4.78 is 10.8. The van der Waals surface area contributed by atoms with Crippen LogP contribution in [0, 0.1) is 0 Å². The highest BCUT2D eigenvalue weighted by molar-refractivity contribution is 7.85. The molecule has 0 N–H and O–H groups in total. The molecule has 1 heterocycles. The van der Waals surface area contributed by atoms with Crippen molar-refractivity contribution in [2.45, 2.75) is 10.6 Å². The van der Waals surface area contributed by atoms with E-state index in [-0.39, 0.29) is 0 Å². The summed E-state index contributed by atoms with van der Waals surface area (Å²) in [5.41, 5.74) is 1.25. The Morgan fingerprint density at radius 2 is 2.11 bits per heavy atom. The molecule has 1 atom stereocenters. The first-order valence-electron chi connectivity index (χ1n) is 2.84. The van der Waals surface area contributed by atoms with Crippen LogP contribution < -0.4 is 0 Å². The van der Waals surface area contributed by atoms with Crippen molar-refractivity contribution in [3.8, 4) is 0 Å². The maximum absolute atomic E-state index is 10.8. The highest BCUT2D eigenvalue weighted by Gasteiger charge is 2.19. The van der Waals surface area contributed by atoms with Gasteiger partial charge in [0.05, 0.1) is 16.6 Å². The van der Waals surface area contributed by atoms with Crippen LogP contribution in [0.25, 0.3) is 0 Å². The summed E-state index contributed by atoms with van der Waals surface area (Å²) in [5, 5.41) is 0. The summed E-state index contributed by atoms with van der Waals surface area (Å²) in [4.78, 5) is 1.03. The van der Waals surface area contributed by atoms with Gasteiger partial charge in [-0.3, -0.25) is 4.21 Å². The number of hydrogen-bond donors (Lipinski definition) is 0. The smallest absolute Gasteiger partial charge is 0.0577 e. The molecule has 1 nitrogen and oxygen atoms in total. The van der Waals surface area contributed by atoms with Gasteiger partial charge in [0.1, 0.15) is 0 Å². The van der Waals surface area contributed by atoms with Gasteiger partial charge in [-0.15, -0.1) is 0 Å². The minimum atomic E-state index is -0.667. The molecule has 0 amide bonds.